The third-order valence-electron chi connectivity index (χ3n) is 0.761. The Hall–Kier alpha value is 0.280. The fourth-order valence-electron chi connectivity index (χ4n) is 0.431. The summed E-state index contributed by atoms with van der Waals surface area (Å²) < 4.78 is 102. The van der Waals surface area contributed by atoms with Gasteiger partial charge in [-0.15, -0.1) is 17.0 Å². The Balaban J connectivity index is 0. The molecule has 0 aliphatic rings. The zero-order valence-electron chi connectivity index (χ0n) is 5.76. The van der Waals surface area contributed by atoms with Crippen LogP contribution in [0.5, 0.6) is 0 Å². The van der Waals surface area contributed by atoms with E-state index in [1.165, 1.54) is 0 Å². The quantitative estimate of drug-likeness (QED) is 0.452. The molecule has 0 saturated heterocycles. The van der Waals surface area contributed by atoms with Crippen LogP contribution in [-0.4, -0.2) is 17.8 Å². The fraction of sp³-hybridized carbons (Fsp3) is 1.00. The van der Waals surface area contributed by atoms with Crippen LogP contribution in [0.3, 0.4) is 0 Å². The standard InChI is InChI=1S/C3F9P.BrH/c4-1(5,6)13(2(7,8)9)3(10,11)12;/h;1H. The van der Waals surface area contributed by atoms with E-state index in [0.29, 0.717) is 0 Å². The van der Waals surface area contributed by atoms with E-state index in [1.807, 2.05) is 0 Å². The van der Waals surface area contributed by atoms with Crippen molar-refractivity contribution in [2.24, 2.45) is 0 Å². The maximum atomic E-state index is 11.3. The maximum Gasteiger partial charge on any atom is 0.422 e. The lowest BCUT2D eigenvalue weighted by Gasteiger charge is -2.24. The Morgan fingerprint density at radius 2 is 0.643 bits per heavy atom. The van der Waals surface area contributed by atoms with E-state index in [2.05, 4.69) is 0 Å². The second kappa shape index (κ2) is 4.42. The van der Waals surface area contributed by atoms with Crippen LogP contribution in [0.1, 0.15) is 0 Å². The lowest BCUT2D eigenvalue weighted by molar-refractivity contribution is -0.123. The van der Waals surface area contributed by atoms with Crippen molar-refractivity contribution in [3.63, 3.8) is 0 Å². The first-order valence-electron chi connectivity index (χ1n) is 2.37. The van der Waals surface area contributed by atoms with Crippen molar-refractivity contribution in [3.8, 4) is 0 Å². The molecule has 0 bridgehead atoms. The number of halogens is 10. The molecule has 0 N–H and O–H groups in total. The Bertz CT molecular complexity index is 143. The highest BCUT2D eigenvalue weighted by Crippen LogP contribution is 2.72. The summed E-state index contributed by atoms with van der Waals surface area (Å²) in [4.78, 5) is 0. The Morgan fingerprint density at radius 1 is 0.500 bits per heavy atom. The molecule has 0 aliphatic heterocycles. The summed E-state index contributed by atoms with van der Waals surface area (Å²) >= 11 is 0. The van der Waals surface area contributed by atoms with Crippen molar-refractivity contribution in [2.75, 3.05) is 0 Å². The summed E-state index contributed by atoms with van der Waals surface area (Å²) in [5.41, 5.74) is 0. The molecule has 0 fully saturated rings. The van der Waals surface area contributed by atoms with Gasteiger partial charge in [0, 0.05) is 0 Å². The molecule has 0 heterocycles. The summed E-state index contributed by atoms with van der Waals surface area (Å²) in [6.07, 6.45) is 0. The lowest BCUT2D eigenvalue weighted by atomic mass is 11.5. The minimum atomic E-state index is -6.30. The van der Waals surface area contributed by atoms with E-state index in [1.54, 1.807) is 0 Å². The minimum Gasteiger partial charge on any atom is -0.166 e. The van der Waals surface area contributed by atoms with Gasteiger partial charge in [-0.05, 0) is 0 Å². The molecule has 0 aromatic heterocycles. The predicted molar refractivity (Wildman–Crippen MR) is 35.4 cm³/mol. The molecular formula is C3HBrF9P. The first-order valence-corrected chi connectivity index (χ1v) is 3.71. The van der Waals surface area contributed by atoms with Crippen molar-refractivity contribution >= 4 is 24.9 Å². The van der Waals surface area contributed by atoms with Crippen LogP contribution in [0.4, 0.5) is 39.5 Å². The predicted octanol–water partition coefficient (Wildman–Crippen LogP) is 4.61. The van der Waals surface area contributed by atoms with Crippen molar-refractivity contribution in [1.29, 1.82) is 0 Å². The second-order valence-corrected chi connectivity index (χ2v) is 3.93. The highest BCUT2D eigenvalue weighted by molar-refractivity contribution is 8.93. The molecule has 11 heteroatoms. The van der Waals surface area contributed by atoms with Crippen molar-refractivity contribution in [1.82, 2.24) is 0 Å². The summed E-state index contributed by atoms with van der Waals surface area (Å²) in [6.45, 7) is 0. The van der Waals surface area contributed by atoms with Crippen LogP contribution >= 0.6 is 24.9 Å². The van der Waals surface area contributed by atoms with Gasteiger partial charge < -0.3 is 0 Å². The maximum absolute atomic E-state index is 11.3. The van der Waals surface area contributed by atoms with Crippen molar-refractivity contribution < 1.29 is 39.5 Å². The highest BCUT2D eigenvalue weighted by atomic mass is 79.9. The normalized spacial score (nSPS) is 14.1. The third kappa shape index (κ3) is 4.68. The number of alkyl halides is 9. The Kier molecular flexibility index (Phi) is 5.28. The molecule has 0 nitrogen and oxygen atoms in total. The smallest absolute Gasteiger partial charge is 0.166 e. The highest BCUT2D eigenvalue weighted by Gasteiger charge is 2.70. The van der Waals surface area contributed by atoms with Crippen LogP contribution in [0.15, 0.2) is 0 Å². The molecule has 0 spiro atoms. The van der Waals surface area contributed by atoms with E-state index in [-0.39, 0.29) is 17.0 Å². The van der Waals surface area contributed by atoms with Gasteiger partial charge in [0.2, 0.25) is 7.92 Å². The molecule has 0 amide bonds. The van der Waals surface area contributed by atoms with Crippen LogP contribution in [0.25, 0.3) is 0 Å². The van der Waals surface area contributed by atoms with Crippen LogP contribution in [0.2, 0.25) is 0 Å². The first-order chi connectivity index (χ1) is 5.37. The zero-order chi connectivity index (χ0) is 11.1. The van der Waals surface area contributed by atoms with Gasteiger partial charge in [-0.25, -0.2) is 0 Å². The van der Waals surface area contributed by atoms with Gasteiger partial charge in [-0.2, -0.15) is 39.5 Å². The van der Waals surface area contributed by atoms with Gasteiger partial charge in [-0.1, -0.05) is 0 Å². The molecule has 0 saturated carbocycles. The SMILES string of the molecule is Br.FC(F)(F)P(C(F)(F)F)C(F)(F)F. The Morgan fingerprint density at radius 3 is 0.643 bits per heavy atom. The van der Waals surface area contributed by atoms with E-state index in [9.17, 15) is 39.5 Å². The third-order valence-corrected chi connectivity index (χ3v) is 2.28. The molecule has 14 heavy (non-hydrogen) atoms. The van der Waals surface area contributed by atoms with Crippen LogP contribution < -0.4 is 0 Å². The van der Waals surface area contributed by atoms with E-state index in [4.69, 9.17) is 0 Å². The molecule has 0 radical (unpaired) electrons. The fourth-order valence-corrected chi connectivity index (χ4v) is 1.29. The largest absolute Gasteiger partial charge is 0.422 e. The van der Waals surface area contributed by atoms with E-state index in [0.717, 1.165) is 0 Å². The monoisotopic (exact) mass is 318 g/mol. The van der Waals surface area contributed by atoms with Gasteiger partial charge in [0.05, 0.1) is 0 Å². The average Bonchev–Trinajstić information content (AvgIpc) is 1.44. The van der Waals surface area contributed by atoms with Crippen molar-refractivity contribution in [3.05, 3.63) is 0 Å². The molecule has 0 atom stereocenters. The van der Waals surface area contributed by atoms with E-state index >= 15 is 0 Å². The second-order valence-electron chi connectivity index (χ2n) is 1.74. The molecular weight excluding hydrogens is 318 g/mol. The molecule has 0 aromatic carbocycles. The molecule has 88 valence electrons. The number of hydrogen-bond acceptors (Lipinski definition) is 0. The minimum absolute atomic E-state index is 0. The summed E-state index contributed by atoms with van der Waals surface area (Å²) in [6, 6.07) is 0. The summed E-state index contributed by atoms with van der Waals surface area (Å²) in [5, 5.41) is 0. The van der Waals surface area contributed by atoms with Gasteiger partial charge >= 0.3 is 17.8 Å². The zero-order valence-corrected chi connectivity index (χ0v) is 8.36. The van der Waals surface area contributed by atoms with Crippen LogP contribution in [0, 0.1) is 0 Å². The number of rotatable bonds is 0. The Labute approximate surface area is 83.0 Å². The summed E-state index contributed by atoms with van der Waals surface area (Å²) in [5.74, 6) is -18.9. The van der Waals surface area contributed by atoms with Gasteiger partial charge in [0.25, 0.3) is 0 Å². The molecule has 0 aromatic rings. The van der Waals surface area contributed by atoms with Gasteiger partial charge in [0.1, 0.15) is 0 Å². The van der Waals surface area contributed by atoms with Gasteiger partial charge in [0.15, 0.2) is 0 Å². The lowest BCUT2D eigenvalue weighted by Crippen LogP contribution is -2.27. The molecule has 0 rings (SSSR count). The topological polar surface area (TPSA) is 0 Å². The first kappa shape index (κ1) is 16.7. The van der Waals surface area contributed by atoms with Gasteiger partial charge in [-0.3, -0.25) is 0 Å². The number of hydrogen-bond donors (Lipinski definition) is 0. The average molecular weight is 319 g/mol. The summed E-state index contributed by atoms with van der Waals surface area (Å²) in [7, 11) is -5.98. The molecule has 0 unspecified atom stereocenters. The molecule has 0 aliphatic carbocycles. The van der Waals surface area contributed by atoms with Crippen LogP contribution in [-0.2, 0) is 0 Å². The van der Waals surface area contributed by atoms with E-state index < -0.39 is 25.7 Å². The van der Waals surface area contributed by atoms with Crippen molar-refractivity contribution in [2.45, 2.75) is 17.8 Å².